The van der Waals surface area contributed by atoms with Crippen molar-refractivity contribution < 1.29 is 14.3 Å². The van der Waals surface area contributed by atoms with Crippen LogP contribution in [0.5, 0.6) is 0 Å². The first kappa shape index (κ1) is 19.0. The molecule has 1 unspecified atom stereocenters. The van der Waals surface area contributed by atoms with Crippen LogP contribution in [-0.4, -0.2) is 59.3 Å². The molecule has 1 saturated carbocycles. The van der Waals surface area contributed by atoms with E-state index in [0.717, 1.165) is 29.1 Å². The van der Waals surface area contributed by atoms with E-state index in [0.29, 0.717) is 38.3 Å². The summed E-state index contributed by atoms with van der Waals surface area (Å²) in [6, 6.07) is 7.25. The average Bonchev–Trinajstić information content (AvgIpc) is 3.21. The smallest absolute Gasteiger partial charge is 0.254 e. The number of hydrogen-bond donors (Lipinski definition) is 1. The largest absolute Gasteiger partial charge is 0.384 e. The van der Waals surface area contributed by atoms with Crippen molar-refractivity contribution in [3.8, 4) is 0 Å². The summed E-state index contributed by atoms with van der Waals surface area (Å²) in [6.07, 6.45) is 5.65. The third-order valence-corrected chi connectivity index (χ3v) is 6.26. The number of carbonyl (C=O) groups excluding carboxylic acids is 2. The van der Waals surface area contributed by atoms with Gasteiger partial charge in [-0.05, 0) is 30.2 Å². The Hall–Kier alpha value is -3.00. The van der Waals surface area contributed by atoms with Crippen LogP contribution in [0.25, 0.3) is 6.08 Å². The number of fused-ring (bicyclic) bond motifs is 2. The lowest BCUT2D eigenvalue weighted by Crippen LogP contribution is -2.43. The molecule has 3 aliphatic rings. The maximum Gasteiger partial charge on any atom is 0.254 e. The molecule has 1 fully saturated rings. The van der Waals surface area contributed by atoms with E-state index < -0.39 is 6.04 Å². The summed E-state index contributed by atoms with van der Waals surface area (Å²) in [5.41, 5.74) is 1.39. The summed E-state index contributed by atoms with van der Waals surface area (Å²) in [7, 11) is 1.69. The number of amides is 2. The fraction of sp³-hybridized carbons (Fsp3) is 0.455. The van der Waals surface area contributed by atoms with Gasteiger partial charge in [0.25, 0.3) is 11.8 Å². The van der Waals surface area contributed by atoms with Crippen molar-refractivity contribution in [2.45, 2.75) is 32.0 Å². The first-order valence-electron chi connectivity index (χ1n) is 10.3. The van der Waals surface area contributed by atoms with Crippen LogP contribution in [0.2, 0.25) is 0 Å². The fourth-order valence-corrected chi connectivity index (χ4v) is 4.26. The number of nitrogens with one attached hydrogen (secondary N) is 1. The highest BCUT2D eigenvalue weighted by Crippen LogP contribution is 2.45. The van der Waals surface area contributed by atoms with Gasteiger partial charge >= 0.3 is 0 Å². The molecule has 0 radical (unpaired) electrons. The molecular formula is C22H25N5O3. The summed E-state index contributed by atoms with van der Waals surface area (Å²) in [5.74, 6) is -0.181. The minimum atomic E-state index is -0.502. The average molecular weight is 407 g/mol. The van der Waals surface area contributed by atoms with Crippen molar-refractivity contribution in [1.82, 2.24) is 20.0 Å². The summed E-state index contributed by atoms with van der Waals surface area (Å²) in [6.45, 7) is 2.75. The maximum absolute atomic E-state index is 13.1. The molecule has 8 nitrogen and oxygen atoms in total. The first-order valence-corrected chi connectivity index (χ1v) is 10.3. The van der Waals surface area contributed by atoms with Crippen LogP contribution in [0.3, 0.4) is 0 Å². The van der Waals surface area contributed by atoms with Crippen LogP contribution in [-0.2, 0) is 22.6 Å². The lowest BCUT2D eigenvalue weighted by molar-refractivity contribution is -0.132. The summed E-state index contributed by atoms with van der Waals surface area (Å²) >= 11 is 0. The molecule has 0 bridgehead atoms. The van der Waals surface area contributed by atoms with E-state index in [9.17, 15) is 9.59 Å². The van der Waals surface area contributed by atoms with Gasteiger partial charge in [0.15, 0.2) is 0 Å². The van der Waals surface area contributed by atoms with Gasteiger partial charge in [0.05, 0.1) is 42.5 Å². The Bertz CT molecular complexity index is 1080. The van der Waals surface area contributed by atoms with Crippen molar-refractivity contribution in [3.05, 3.63) is 52.3 Å². The normalized spacial score (nSPS) is 20.6. The van der Waals surface area contributed by atoms with Gasteiger partial charge in [-0.15, -0.1) is 0 Å². The third-order valence-electron chi connectivity index (χ3n) is 6.26. The molecule has 1 atom stereocenters. The van der Waals surface area contributed by atoms with Crippen LogP contribution in [0.15, 0.2) is 35.5 Å². The molecule has 8 heteroatoms. The highest BCUT2D eigenvalue weighted by Gasteiger charge is 2.43. The van der Waals surface area contributed by atoms with Crippen molar-refractivity contribution in [3.63, 3.8) is 0 Å². The van der Waals surface area contributed by atoms with Crippen LogP contribution in [0.1, 0.15) is 28.9 Å². The number of rotatable bonds is 6. The topological polar surface area (TPSA) is 88.8 Å². The van der Waals surface area contributed by atoms with Gasteiger partial charge in [0.2, 0.25) is 0 Å². The van der Waals surface area contributed by atoms with Crippen molar-refractivity contribution in [2.75, 3.05) is 26.8 Å². The van der Waals surface area contributed by atoms with Crippen molar-refractivity contribution in [1.29, 1.82) is 0 Å². The number of nitrogens with zero attached hydrogens (tertiary/aromatic N) is 4. The molecule has 5 rings (SSSR count). The van der Waals surface area contributed by atoms with Gasteiger partial charge in [-0.2, -0.15) is 5.10 Å². The molecule has 1 N–H and O–H groups in total. The molecule has 1 aromatic carbocycles. The van der Waals surface area contributed by atoms with E-state index >= 15 is 0 Å². The predicted octanol–water partition coefficient (Wildman–Crippen LogP) is -0.136. The number of hydrogen-bond acceptors (Lipinski definition) is 5. The van der Waals surface area contributed by atoms with Crippen LogP contribution >= 0.6 is 0 Å². The first-order chi connectivity index (χ1) is 14.6. The number of methoxy groups -OCH3 is 1. The zero-order chi connectivity index (χ0) is 20.7. The molecule has 1 aromatic heterocycles. The van der Waals surface area contributed by atoms with E-state index in [2.05, 4.69) is 15.4 Å². The second kappa shape index (κ2) is 7.36. The molecule has 2 amide bonds. The second-order valence-corrected chi connectivity index (χ2v) is 8.40. The van der Waals surface area contributed by atoms with Crippen LogP contribution < -0.4 is 15.9 Å². The van der Waals surface area contributed by atoms with E-state index in [1.54, 1.807) is 18.2 Å². The molecule has 2 aromatic rings. The minimum absolute atomic E-state index is 0.0398. The van der Waals surface area contributed by atoms with E-state index in [1.807, 2.05) is 35.0 Å². The summed E-state index contributed by atoms with van der Waals surface area (Å²) in [4.78, 5) is 32.2. The monoisotopic (exact) mass is 407 g/mol. The number of carbonyl (C=O) groups is 2. The van der Waals surface area contributed by atoms with Gasteiger partial charge in [-0.1, -0.05) is 18.2 Å². The third kappa shape index (κ3) is 3.41. The van der Waals surface area contributed by atoms with Gasteiger partial charge < -0.3 is 15.0 Å². The second-order valence-electron chi connectivity index (χ2n) is 8.40. The van der Waals surface area contributed by atoms with Gasteiger partial charge in [-0.3, -0.25) is 19.3 Å². The lowest BCUT2D eigenvalue weighted by Gasteiger charge is -2.29. The Morgan fingerprint density at radius 3 is 2.87 bits per heavy atom. The van der Waals surface area contributed by atoms with Gasteiger partial charge in [0.1, 0.15) is 6.04 Å². The molecule has 0 spiro atoms. The van der Waals surface area contributed by atoms with Crippen LogP contribution in [0, 0.1) is 5.41 Å². The minimum Gasteiger partial charge on any atom is -0.384 e. The van der Waals surface area contributed by atoms with Gasteiger partial charge in [-0.25, -0.2) is 0 Å². The quantitative estimate of drug-likeness (QED) is 0.722. The van der Waals surface area contributed by atoms with Gasteiger partial charge in [0, 0.05) is 25.6 Å². The molecule has 30 heavy (non-hydrogen) atoms. The summed E-state index contributed by atoms with van der Waals surface area (Å²) < 4.78 is 7.10. The number of aromatic nitrogens is 2. The van der Waals surface area contributed by atoms with Crippen LogP contribution in [0.4, 0.5) is 0 Å². The Kier molecular flexibility index (Phi) is 4.66. The Balaban J connectivity index is 1.28. The molecule has 2 aliphatic heterocycles. The molecular weight excluding hydrogens is 382 g/mol. The predicted molar refractivity (Wildman–Crippen MR) is 109 cm³/mol. The summed E-state index contributed by atoms with van der Waals surface area (Å²) in [5, 5.41) is 9.23. The Morgan fingerprint density at radius 2 is 2.10 bits per heavy atom. The highest BCUT2D eigenvalue weighted by atomic mass is 16.5. The van der Waals surface area contributed by atoms with E-state index in [-0.39, 0.29) is 17.2 Å². The Labute approximate surface area is 174 Å². The van der Waals surface area contributed by atoms with Crippen molar-refractivity contribution >= 4 is 17.9 Å². The molecule has 156 valence electrons. The maximum atomic E-state index is 13.1. The lowest BCUT2D eigenvalue weighted by atomic mass is 10.1. The standard InChI is InChI=1S/C22H25N5O3/c1-30-14-22(6-7-22)13-23-20(28)16-11-24-27-9-8-26(12-19(16)27)21(29)18-10-15-4-2-3-5-17(15)25-18/h2-5,10-11,18H,6-9,12-14H2,1H3,(H,23,28). The Morgan fingerprint density at radius 1 is 1.27 bits per heavy atom. The molecule has 1 aliphatic carbocycles. The number of para-hydroxylation sites is 1. The number of benzene rings is 1. The fourth-order valence-electron chi connectivity index (χ4n) is 4.26. The molecule has 3 heterocycles. The highest BCUT2D eigenvalue weighted by molar-refractivity contribution is 5.95. The number of ether oxygens (including phenoxy) is 1. The zero-order valence-corrected chi connectivity index (χ0v) is 17.0. The SMILES string of the molecule is COCC1(CNC(=O)c2cnn3c2CN(C(=O)C2C=c4ccccc4=N2)CC3)CC1. The molecule has 0 saturated heterocycles. The zero-order valence-electron chi connectivity index (χ0n) is 17.0. The van der Waals surface area contributed by atoms with E-state index in [1.165, 1.54) is 0 Å². The van der Waals surface area contributed by atoms with E-state index in [4.69, 9.17) is 4.74 Å². The van der Waals surface area contributed by atoms with Crippen molar-refractivity contribution in [2.24, 2.45) is 10.4 Å².